The van der Waals surface area contributed by atoms with Gasteiger partial charge in [-0.25, -0.2) is 0 Å². The normalized spacial score (nSPS) is 10.5. The number of hydrogen-bond donors (Lipinski definition) is 1. The molecule has 112 valence electrons. The Labute approximate surface area is 126 Å². The summed E-state index contributed by atoms with van der Waals surface area (Å²) in [5, 5.41) is 3.60. The summed E-state index contributed by atoms with van der Waals surface area (Å²) in [5.74, 6) is 0.790. The molecule has 2 aromatic rings. The molecule has 0 atom stereocenters. The molecule has 1 N–H and O–H groups in total. The minimum absolute atomic E-state index is 0.138. The molecule has 0 saturated heterocycles. The number of para-hydroxylation sites is 1. The van der Waals surface area contributed by atoms with E-state index in [0.29, 0.717) is 28.6 Å². The number of hydrogen-bond acceptors (Lipinski definition) is 3. The number of anilines is 1. The Morgan fingerprint density at radius 2 is 1.95 bits per heavy atom. The predicted octanol–water partition coefficient (Wildman–Crippen LogP) is 4.56. The molecule has 0 amide bonds. The van der Waals surface area contributed by atoms with Crippen molar-refractivity contribution >= 4 is 17.3 Å². The SMILES string of the molecule is COc1ccc(Cl)c(NCc2ccccc2OC(F)F)c1. The van der Waals surface area contributed by atoms with Gasteiger partial charge in [-0.2, -0.15) is 8.78 Å². The Morgan fingerprint density at radius 1 is 1.19 bits per heavy atom. The van der Waals surface area contributed by atoms with E-state index in [1.165, 1.54) is 6.07 Å². The van der Waals surface area contributed by atoms with Gasteiger partial charge >= 0.3 is 6.61 Å². The molecule has 0 radical (unpaired) electrons. The van der Waals surface area contributed by atoms with Crippen molar-refractivity contribution in [3.63, 3.8) is 0 Å². The topological polar surface area (TPSA) is 30.5 Å². The molecule has 0 fully saturated rings. The molecule has 0 spiro atoms. The molecule has 2 aromatic carbocycles. The number of nitrogens with one attached hydrogen (secondary N) is 1. The molecule has 0 aromatic heterocycles. The lowest BCUT2D eigenvalue weighted by Gasteiger charge is -2.13. The van der Waals surface area contributed by atoms with Crippen LogP contribution in [-0.4, -0.2) is 13.7 Å². The van der Waals surface area contributed by atoms with Crippen molar-refractivity contribution in [2.45, 2.75) is 13.2 Å². The van der Waals surface area contributed by atoms with Gasteiger partial charge in [-0.15, -0.1) is 0 Å². The predicted molar refractivity (Wildman–Crippen MR) is 78.4 cm³/mol. The lowest BCUT2D eigenvalue weighted by Crippen LogP contribution is -2.07. The lowest BCUT2D eigenvalue weighted by molar-refractivity contribution is -0.0504. The van der Waals surface area contributed by atoms with E-state index in [2.05, 4.69) is 10.1 Å². The number of alkyl halides is 2. The van der Waals surface area contributed by atoms with Crippen molar-refractivity contribution in [3.8, 4) is 11.5 Å². The third kappa shape index (κ3) is 4.23. The van der Waals surface area contributed by atoms with E-state index in [9.17, 15) is 8.78 Å². The van der Waals surface area contributed by atoms with Crippen molar-refractivity contribution in [1.82, 2.24) is 0 Å². The van der Waals surface area contributed by atoms with Gasteiger partial charge in [0.05, 0.1) is 17.8 Å². The smallest absolute Gasteiger partial charge is 0.387 e. The van der Waals surface area contributed by atoms with Gasteiger partial charge in [0.2, 0.25) is 0 Å². The summed E-state index contributed by atoms with van der Waals surface area (Å²) >= 11 is 6.07. The Morgan fingerprint density at radius 3 is 2.67 bits per heavy atom. The first-order chi connectivity index (χ1) is 10.1. The first-order valence-corrected chi connectivity index (χ1v) is 6.58. The highest BCUT2D eigenvalue weighted by atomic mass is 35.5. The molecule has 0 heterocycles. The Bertz CT molecular complexity index is 608. The molecule has 0 unspecified atom stereocenters. The van der Waals surface area contributed by atoms with Crippen LogP contribution in [0.1, 0.15) is 5.56 Å². The first kappa shape index (κ1) is 15.4. The summed E-state index contributed by atoms with van der Waals surface area (Å²) in [5.41, 5.74) is 1.26. The van der Waals surface area contributed by atoms with Gasteiger partial charge in [-0.1, -0.05) is 29.8 Å². The van der Waals surface area contributed by atoms with Crippen LogP contribution < -0.4 is 14.8 Å². The van der Waals surface area contributed by atoms with Crippen molar-refractivity contribution in [3.05, 3.63) is 53.1 Å². The quantitative estimate of drug-likeness (QED) is 0.848. The van der Waals surface area contributed by atoms with Gasteiger partial charge in [0.1, 0.15) is 11.5 Å². The fraction of sp³-hybridized carbons (Fsp3) is 0.200. The van der Waals surface area contributed by atoms with Crippen LogP contribution in [0.4, 0.5) is 14.5 Å². The van der Waals surface area contributed by atoms with Crippen LogP contribution in [0, 0.1) is 0 Å². The van der Waals surface area contributed by atoms with Crippen LogP contribution >= 0.6 is 11.6 Å². The van der Waals surface area contributed by atoms with E-state index in [1.54, 1.807) is 43.5 Å². The standard InChI is InChI=1S/C15H14ClF2NO2/c1-20-11-6-7-12(16)13(8-11)19-9-10-4-2-3-5-14(10)21-15(17)18/h2-8,15,19H,9H2,1H3. The maximum atomic E-state index is 12.3. The zero-order chi connectivity index (χ0) is 15.2. The van der Waals surface area contributed by atoms with Gasteiger partial charge in [0.25, 0.3) is 0 Å². The number of methoxy groups -OCH3 is 1. The van der Waals surface area contributed by atoms with Gasteiger partial charge < -0.3 is 14.8 Å². The number of halogens is 3. The molecular formula is C15H14ClF2NO2. The zero-order valence-electron chi connectivity index (χ0n) is 11.3. The summed E-state index contributed by atoms with van der Waals surface area (Å²) in [7, 11) is 1.55. The second-order valence-electron chi connectivity index (χ2n) is 4.19. The highest BCUT2D eigenvalue weighted by Gasteiger charge is 2.09. The van der Waals surface area contributed by atoms with E-state index < -0.39 is 6.61 Å². The largest absolute Gasteiger partial charge is 0.497 e. The third-order valence-electron chi connectivity index (χ3n) is 2.83. The van der Waals surface area contributed by atoms with Gasteiger partial charge in [-0.05, 0) is 18.2 Å². The molecular weight excluding hydrogens is 300 g/mol. The average molecular weight is 314 g/mol. The molecule has 21 heavy (non-hydrogen) atoms. The van der Waals surface area contributed by atoms with Crippen molar-refractivity contribution < 1.29 is 18.3 Å². The van der Waals surface area contributed by atoms with Crippen LogP contribution in [0.3, 0.4) is 0 Å². The van der Waals surface area contributed by atoms with E-state index in [4.69, 9.17) is 16.3 Å². The highest BCUT2D eigenvalue weighted by molar-refractivity contribution is 6.33. The minimum atomic E-state index is -2.86. The molecule has 3 nitrogen and oxygen atoms in total. The summed E-state index contributed by atoms with van der Waals surface area (Å²) in [6, 6.07) is 11.8. The van der Waals surface area contributed by atoms with Crippen LogP contribution in [0.5, 0.6) is 11.5 Å². The fourth-order valence-electron chi connectivity index (χ4n) is 1.82. The minimum Gasteiger partial charge on any atom is -0.497 e. The molecule has 0 aliphatic carbocycles. The molecule has 6 heteroatoms. The highest BCUT2D eigenvalue weighted by Crippen LogP contribution is 2.28. The molecule has 0 bridgehead atoms. The summed E-state index contributed by atoms with van der Waals surface area (Å²) in [4.78, 5) is 0. The van der Waals surface area contributed by atoms with E-state index in [0.717, 1.165) is 0 Å². The Balaban J connectivity index is 2.13. The Kier molecular flexibility index (Phi) is 5.22. The van der Waals surface area contributed by atoms with E-state index in [-0.39, 0.29) is 5.75 Å². The Hall–Kier alpha value is -2.01. The van der Waals surface area contributed by atoms with Gasteiger partial charge in [0.15, 0.2) is 0 Å². The van der Waals surface area contributed by atoms with E-state index in [1.807, 2.05) is 0 Å². The third-order valence-corrected chi connectivity index (χ3v) is 3.16. The lowest BCUT2D eigenvalue weighted by atomic mass is 10.2. The van der Waals surface area contributed by atoms with Crippen LogP contribution in [0.2, 0.25) is 5.02 Å². The number of benzene rings is 2. The van der Waals surface area contributed by atoms with Crippen LogP contribution in [0.25, 0.3) is 0 Å². The van der Waals surface area contributed by atoms with Crippen molar-refractivity contribution in [1.29, 1.82) is 0 Å². The van der Waals surface area contributed by atoms with Crippen molar-refractivity contribution in [2.24, 2.45) is 0 Å². The second-order valence-corrected chi connectivity index (χ2v) is 4.59. The second kappa shape index (κ2) is 7.13. The summed E-state index contributed by atoms with van der Waals surface area (Å²) in [6.45, 7) is -2.55. The zero-order valence-corrected chi connectivity index (χ0v) is 12.0. The van der Waals surface area contributed by atoms with Crippen LogP contribution in [-0.2, 0) is 6.54 Å². The number of rotatable bonds is 6. The maximum absolute atomic E-state index is 12.3. The maximum Gasteiger partial charge on any atom is 0.387 e. The van der Waals surface area contributed by atoms with Gasteiger partial charge in [-0.3, -0.25) is 0 Å². The first-order valence-electron chi connectivity index (χ1n) is 6.20. The van der Waals surface area contributed by atoms with E-state index >= 15 is 0 Å². The van der Waals surface area contributed by atoms with Crippen LogP contribution in [0.15, 0.2) is 42.5 Å². The molecule has 2 rings (SSSR count). The van der Waals surface area contributed by atoms with Gasteiger partial charge in [0, 0.05) is 18.2 Å². The van der Waals surface area contributed by atoms with Crippen molar-refractivity contribution in [2.75, 3.05) is 12.4 Å². The summed E-state index contributed by atoms with van der Waals surface area (Å²) < 4.78 is 34.3. The molecule has 0 saturated carbocycles. The monoisotopic (exact) mass is 313 g/mol. The summed E-state index contributed by atoms with van der Waals surface area (Å²) in [6.07, 6.45) is 0. The number of ether oxygens (including phenoxy) is 2. The average Bonchev–Trinajstić information content (AvgIpc) is 2.47. The molecule has 0 aliphatic rings. The molecule has 0 aliphatic heterocycles. The fourth-order valence-corrected chi connectivity index (χ4v) is 2.00.